The van der Waals surface area contributed by atoms with Crippen LogP contribution in [0.5, 0.6) is 0 Å². The standard InChI is InChI=1S/C14H26N2OS/c1-13(2)5-10(6-14(3,4)8-13)16-12(17)11-7-18-9-15-11/h10-11,15H,5-9H2,1-4H3,(H,16,17). The molecule has 3 nitrogen and oxygen atoms in total. The zero-order valence-electron chi connectivity index (χ0n) is 12.0. The van der Waals surface area contributed by atoms with E-state index < -0.39 is 0 Å². The number of carbonyl (C=O) groups is 1. The molecule has 0 aromatic rings. The summed E-state index contributed by atoms with van der Waals surface area (Å²) in [5.74, 6) is 2.00. The maximum absolute atomic E-state index is 12.1. The molecule has 18 heavy (non-hydrogen) atoms. The van der Waals surface area contributed by atoms with Crippen molar-refractivity contribution in [2.45, 2.75) is 59.0 Å². The quantitative estimate of drug-likeness (QED) is 0.809. The van der Waals surface area contributed by atoms with Gasteiger partial charge in [-0.2, -0.15) is 0 Å². The molecule has 2 rings (SSSR count). The number of hydrogen-bond donors (Lipinski definition) is 2. The number of hydrogen-bond acceptors (Lipinski definition) is 3. The van der Waals surface area contributed by atoms with Gasteiger partial charge in [0.2, 0.25) is 5.91 Å². The fourth-order valence-electron chi connectivity index (χ4n) is 3.81. The van der Waals surface area contributed by atoms with Crippen molar-refractivity contribution in [1.82, 2.24) is 10.6 Å². The Balaban J connectivity index is 1.94. The summed E-state index contributed by atoms with van der Waals surface area (Å²) in [5.41, 5.74) is 0.662. The number of rotatable bonds is 2. The van der Waals surface area contributed by atoms with Crippen molar-refractivity contribution < 1.29 is 4.79 Å². The van der Waals surface area contributed by atoms with Gasteiger partial charge in [0.15, 0.2) is 0 Å². The summed E-state index contributed by atoms with van der Waals surface area (Å²) < 4.78 is 0. The molecule has 1 unspecified atom stereocenters. The summed E-state index contributed by atoms with van der Waals surface area (Å²) in [5, 5.41) is 6.50. The van der Waals surface area contributed by atoms with Gasteiger partial charge >= 0.3 is 0 Å². The van der Waals surface area contributed by atoms with E-state index in [0.717, 1.165) is 24.5 Å². The predicted octanol–water partition coefficient (Wildman–Crippen LogP) is 2.37. The van der Waals surface area contributed by atoms with Crippen LogP contribution < -0.4 is 10.6 Å². The molecule has 0 radical (unpaired) electrons. The minimum absolute atomic E-state index is 0.0168. The van der Waals surface area contributed by atoms with Gasteiger partial charge in [-0.3, -0.25) is 10.1 Å². The summed E-state index contributed by atoms with van der Waals surface area (Å²) in [6.45, 7) is 9.26. The van der Waals surface area contributed by atoms with Crippen molar-refractivity contribution in [3.8, 4) is 0 Å². The van der Waals surface area contributed by atoms with E-state index in [1.807, 2.05) is 0 Å². The average molecular weight is 270 g/mol. The molecular weight excluding hydrogens is 244 g/mol. The van der Waals surface area contributed by atoms with Crippen molar-refractivity contribution in [2.75, 3.05) is 11.6 Å². The summed E-state index contributed by atoms with van der Waals surface area (Å²) in [6.07, 6.45) is 3.44. The van der Waals surface area contributed by atoms with E-state index in [0.29, 0.717) is 16.9 Å². The second-order valence-corrected chi connectivity index (χ2v) is 8.42. The first-order valence-corrected chi connectivity index (χ1v) is 8.04. The summed E-state index contributed by atoms with van der Waals surface area (Å²) in [6, 6.07) is 0.354. The Morgan fingerprint density at radius 2 is 1.83 bits per heavy atom. The summed E-state index contributed by atoms with van der Waals surface area (Å²) in [4.78, 5) is 12.1. The van der Waals surface area contributed by atoms with Crippen molar-refractivity contribution in [2.24, 2.45) is 10.8 Å². The van der Waals surface area contributed by atoms with Crippen LogP contribution in [0.3, 0.4) is 0 Å². The molecule has 104 valence electrons. The molecule has 2 N–H and O–H groups in total. The molecule has 0 aromatic carbocycles. The first-order chi connectivity index (χ1) is 8.27. The van der Waals surface area contributed by atoms with Crippen LogP contribution >= 0.6 is 11.8 Å². The molecule has 1 saturated heterocycles. The van der Waals surface area contributed by atoms with Gasteiger partial charge < -0.3 is 5.32 Å². The third-order valence-corrected chi connectivity index (χ3v) is 4.87. The third-order valence-electron chi connectivity index (χ3n) is 3.93. The molecule has 1 heterocycles. The largest absolute Gasteiger partial charge is 0.352 e. The van der Waals surface area contributed by atoms with Crippen LogP contribution in [0, 0.1) is 10.8 Å². The number of nitrogens with one attached hydrogen (secondary N) is 2. The molecule has 1 atom stereocenters. The molecule has 0 aromatic heterocycles. The van der Waals surface area contributed by atoms with Gasteiger partial charge in [0, 0.05) is 17.7 Å². The number of thioether (sulfide) groups is 1. The SMILES string of the molecule is CC1(C)CC(NC(=O)C2CSCN2)CC(C)(C)C1. The molecule has 0 spiro atoms. The number of amides is 1. The highest BCUT2D eigenvalue weighted by Crippen LogP contribution is 2.45. The maximum Gasteiger partial charge on any atom is 0.238 e. The minimum atomic E-state index is 0.0168. The Morgan fingerprint density at radius 3 is 2.33 bits per heavy atom. The van der Waals surface area contributed by atoms with Crippen LogP contribution in [0.25, 0.3) is 0 Å². The van der Waals surface area contributed by atoms with Crippen molar-refractivity contribution in [1.29, 1.82) is 0 Å². The van der Waals surface area contributed by atoms with Gasteiger partial charge in [-0.1, -0.05) is 27.7 Å². The Bertz CT molecular complexity index is 306. The first kappa shape index (κ1) is 14.2. The fourth-order valence-corrected chi connectivity index (χ4v) is 4.76. The van der Waals surface area contributed by atoms with E-state index in [9.17, 15) is 4.79 Å². The Labute approximate surface area is 115 Å². The first-order valence-electron chi connectivity index (χ1n) is 6.89. The molecular formula is C14H26N2OS. The van der Waals surface area contributed by atoms with Crippen molar-refractivity contribution in [3.05, 3.63) is 0 Å². The molecule has 2 aliphatic rings. The van der Waals surface area contributed by atoms with E-state index in [-0.39, 0.29) is 11.9 Å². The second kappa shape index (κ2) is 5.04. The smallest absolute Gasteiger partial charge is 0.238 e. The summed E-state index contributed by atoms with van der Waals surface area (Å²) in [7, 11) is 0. The molecule has 0 bridgehead atoms. The average Bonchev–Trinajstić information content (AvgIpc) is 2.63. The van der Waals surface area contributed by atoms with Crippen LogP contribution in [0.15, 0.2) is 0 Å². The van der Waals surface area contributed by atoms with Gasteiger partial charge in [0.25, 0.3) is 0 Å². The molecule has 1 aliphatic heterocycles. The van der Waals surface area contributed by atoms with E-state index in [4.69, 9.17) is 0 Å². The van der Waals surface area contributed by atoms with Gasteiger partial charge in [-0.05, 0) is 30.1 Å². The summed E-state index contributed by atoms with van der Waals surface area (Å²) >= 11 is 1.80. The van der Waals surface area contributed by atoms with Crippen LogP contribution in [0.1, 0.15) is 47.0 Å². The molecule has 4 heteroatoms. The third kappa shape index (κ3) is 3.64. The van der Waals surface area contributed by atoms with E-state index in [1.54, 1.807) is 11.8 Å². The van der Waals surface area contributed by atoms with Gasteiger partial charge in [0.05, 0.1) is 6.04 Å². The van der Waals surface area contributed by atoms with Crippen LogP contribution in [-0.4, -0.2) is 29.6 Å². The van der Waals surface area contributed by atoms with E-state index in [1.165, 1.54) is 6.42 Å². The molecule has 1 aliphatic carbocycles. The monoisotopic (exact) mass is 270 g/mol. The second-order valence-electron chi connectivity index (χ2n) is 7.39. The van der Waals surface area contributed by atoms with Crippen molar-refractivity contribution in [3.63, 3.8) is 0 Å². The van der Waals surface area contributed by atoms with Gasteiger partial charge in [0.1, 0.15) is 0 Å². The lowest BCUT2D eigenvalue weighted by atomic mass is 9.63. The van der Waals surface area contributed by atoms with E-state index >= 15 is 0 Å². The molecule has 1 amide bonds. The lowest BCUT2D eigenvalue weighted by molar-refractivity contribution is -0.124. The van der Waals surface area contributed by atoms with E-state index in [2.05, 4.69) is 38.3 Å². The lowest BCUT2D eigenvalue weighted by Crippen LogP contribution is -2.51. The van der Waals surface area contributed by atoms with Gasteiger partial charge in [-0.25, -0.2) is 0 Å². The molecule has 1 saturated carbocycles. The fraction of sp³-hybridized carbons (Fsp3) is 0.929. The molecule has 2 fully saturated rings. The minimum Gasteiger partial charge on any atom is -0.352 e. The Hall–Kier alpha value is -0.220. The zero-order chi connectivity index (χ0) is 13.4. The Kier molecular flexibility index (Phi) is 3.98. The van der Waals surface area contributed by atoms with Crippen molar-refractivity contribution >= 4 is 17.7 Å². The Morgan fingerprint density at radius 1 is 1.22 bits per heavy atom. The zero-order valence-corrected chi connectivity index (χ0v) is 12.8. The highest BCUT2D eigenvalue weighted by Gasteiger charge is 2.39. The maximum atomic E-state index is 12.1. The van der Waals surface area contributed by atoms with Crippen LogP contribution in [-0.2, 0) is 4.79 Å². The van der Waals surface area contributed by atoms with Crippen LogP contribution in [0.4, 0.5) is 0 Å². The number of carbonyl (C=O) groups excluding carboxylic acids is 1. The lowest BCUT2D eigenvalue weighted by Gasteiger charge is -2.45. The normalized spacial score (nSPS) is 31.2. The van der Waals surface area contributed by atoms with Crippen LogP contribution in [0.2, 0.25) is 0 Å². The highest BCUT2D eigenvalue weighted by molar-refractivity contribution is 7.99. The highest BCUT2D eigenvalue weighted by atomic mass is 32.2. The predicted molar refractivity (Wildman–Crippen MR) is 77.6 cm³/mol. The van der Waals surface area contributed by atoms with Gasteiger partial charge in [-0.15, -0.1) is 11.8 Å². The topological polar surface area (TPSA) is 41.1 Å².